The molecule has 0 aliphatic heterocycles. The minimum atomic E-state index is -0.177. The smallest absolute Gasteiger partial charge is 0.305 e. The fourth-order valence-electron chi connectivity index (χ4n) is 1.36. The summed E-state index contributed by atoms with van der Waals surface area (Å²) in [6.07, 6.45) is 3.71. The van der Waals surface area contributed by atoms with Crippen LogP contribution in [0.15, 0.2) is 0 Å². The van der Waals surface area contributed by atoms with Crippen LogP contribution in [-0.4, -0.2) is 32.1 Å². The molecule has 0 aromatic rings. The van der Waals surface area contributed by atoms with Gasteiger partial charge in [-0.1, -0.05) is 13.8 Å². The number of esters is 1. The number of ether oxygens (including phenoxy) is 3. The van der Waals surface area contributed by atoms with Gasteiger partial charge in [0.25, 0.3) is 0 Å². The third-order valence-corrected chi connectivity index (χ3v) is 2.14. The van der Waals surface area contributed by atoms with E-state index in [1.54, 1.807) is 0 Å². The number of hydrogen-bond acceptors (Lipinski definition) is 4. The van der Waals surface area contributed by atoms with Crippen molar-refractivity contribution in [3.63, 3.8) is 0 Å². The van der Waals surface area contributed by atoms with E-state index in [4.69, 9.17) is 14.2 Å². The third-order valence-electron chi connectivity index (χ3n) is 2.14. The van der Waals surface area contributed by atoms with Crippen molar-refractivity contribution >= 4 is 5.97 Å². The zero-order valence-corrected chi connectivity index (χ0v) is 11.4. The number of carbonyl (C=O) groups excluding carboxylic acids is 1. The molecule has 0 aliphatic rings. The molecule has 0 heterocycles. The van der Waals surface area contributed by atoms with Crippen LogP contribution < -0.4 is 0 Å². The van der Waals surface area contributed by atoms with Crippen molar-refractivity contribution in [2.45, 2.75) is 59.2 Å². The lowest BCUT2D eigenvalue weighted by atomic mass is 10.2. The molecule has 102 valence electrons. The van der Waals surface area contributed by atoms with Gasteiger partial charge in [-0.25, -0.2) is 0 Å². The highest BCUT2D eigenvalue weighted by molar-refractivity contribution is 5.69. The SMILES string of the molecule is CCCOC(CCCC(=O)OCC)OCCC. The first kappa shape index (κ1) is 16.4. The standard InChI is InChI=1S/C13H26O4/c1-4-10-16-13(17-11-5-2)9-7-8-12(14)15-6-3/h13H,4-11H2,1-3H3. The van der Waals surface area contributed by atoms with Crippen LogP contribution in [0.1, 0.15) is 52.9 Å². The maximum Gasteiger partial charge on any atom is 0.305 e. The third kappa shape index (κ3) is 10.3. The van der Waals surface area contributed by atoms with Gasteiger partial charge in [0.15, 0.2) is 6.29 Å². The highest BCUT2D eigenvalue weighted by atomic mass is 16.7. The lowest BCUT2D eigenvalue weighted by Crippen LogP contribution is -2.19. The summed E-state index contributed by atoms with van der Waals surface area (Å²) < 4.78 is 16.0. The van der Waals surface area contributed by atoms with Crippen LogP contribution in [0.4, 0.5) is 0 Å². The monoisotopic (exact) mass is 246 g/mol. The zero-order valence-electron chi connectivity index (χ0n) is 11.4. The van der Waals surface area contributed by atoms with Gasteiger partial charge in [-0.05, 0) is 32.6 Å². The van der Waals surface area contributed by atoms with Crippen molar-refractivity contribution in [1.82, 2.24) is 0 Å². The van der Waals surface area contributed by atoms with Gasteiger partial charge >= 0.3 is 5.97 Å². The van der Waals surface area contributed by atoms with E-state index >= 15 is 0 Å². The second-order valence-corrected chi connectivity index (χ2v) is 3.87. The Kier molecular flexibility index (Phi) is 11.4. The second kappa shape index (κ2) is 11.9. The highest BCUT2D eigenvalue weighted by Gasteiger charge is 2.10. The van der Waals surface area contributed by atoms with Gasteiger partial charge in [0.05, 0.1) is 6.61 Å². The summed E-state index contributed by atoms with van der Waals surface area (Å²) in [6.45, 7) is 7.79. The molecule has 0 unspecified atom stereocenters. The first-order valence-corrected chi connectivity index (χ1v) is 6.63. The maximum absolute atomic E-state index is 11.1. The summed E-state index contributed by atoms with van der Waals surface area (Å²) in [5.41, 5.74) is 0. The Morgan fingerprint density at radius 1 is 1.06 bits per heavy atom. The number of hydrogen-bond donors (Lipinski definition) is 0. The van der Waals surface area contributed by atoms with E-state index < -0.39 is 0 Å². The highest BCUT2D eigenvalue weighted by Crippen LogP contribution is 2.08. The van der Waals surface area contributed by atoms with Crippen LogP contribution in [-0.2, 0) is 19.0 Å². The van der Waals surface area contributed by atoms with Crippen LogP contribution >= 0.6 is 0 Å². The molecule has 0 saturated carbocycles. The zero-order chi connectivity index (χ0) is 12.9. The molecule has 0 N–H and O–H groups in total. The summed E-state index contributed by atoms with van der Waals surface area (Å²) >= 11 is 0. The number of rotatable bonds is 11. The van der Waals surface area contributed by atoms with Crippen LogP contribution in [0, 0.1) is 0 Å². The molecule has 0 atom stereocenters. The maximum atomic E-state index is 11.1. The van der Waals surface area contributed by atoms with E-state index in [-0.39, 0.29) is 12.3 Å². The van der Waals surface area contributed by atoms with Crippen LogP contribution in [0.2, 0.25) is 0 Å². The van der Waals surface area contributed by atoms with Crippen molar-refractivity contribution in [1.29, 1.82) is 0 Å². The molecular formula is C13H26O4. The predicted octanol–water partition coefficient (Wildman–Crippen LogP) is 2.90. The average molecular weight is 246 g/mol. The van der Waals surface area contributed by atoms with Crippen molar-refractivity contribution < 1.29 is 19.0 Å². The van der Waals surface area contributed by atoms with Crippen LogP contribution in [0.3, 0.4) is 0 Å². The Balaban J connectivity index is 3.69. The number of carbonyl (C=O) groups is 1. The lowest BCUT2D eigenvalue weighted by molar-refractivity contribution is -0.150. The van der Waals surface area contributed by atoms with Gasteiger partial charge in [0.1, 0.15) is 0 Å². The Labute approximate surface area is 105 Å². The largest absolute Gasteiger partial charge is 0.466 e. The Hall–Kier alpha value is -0.610. The molecule has 17 heavy (non-hydrogen) atoms. The molecule has 4 nitrogen and oxygen atoms in total. The van der Waals surface area contributed by atoms with Gasteiger partial charge in [-0.2, -0.15) is 0 Å². The predicted molar refractivity (Wildman–Crippen MR) is 66.8 cm³/mol. The van der Waals surface area contributed by atoms with Crippen molar-refractivity contribution in [2.75, 3.05) is 19.8 Å². The summed E-state index contributed by atoms with van der Waals surface area (Å²) in [5.74, 6) is -0.141. The molecule has 0 fully saturated rings. The summed E-state index contributed by atoms with van der Waals surface area (Å²) in [5, 5.41) is 0. The first-order chi connectivity index (χ1) is 8.24. The molecule has 4 heteroatoms. The Morgan fingerprint density at radius 2 is 1.65 bits per heavy atom. The molecule has 0 aromatic carbocycles. The molecule has 0 radical (unpaired) electrons. The van der Waals surface area contributed by atoms with Crippen molar-refractivity contribution in [3.8, 4) is 0 Å². The minimum absolute atomic E-state index is 0.141. The molecule has 0 saturated heterocycles. The average Bonchev–Trinajstić information content (AvgIpc) is 2.32. The van der Waals surface area contributed by atoms with Gasteiger partial charge < -0.3 is 14.2 Å². The first-order valence-electron chi connectivity index (χ1n) is 6.63. The molecular weight excluding hydrogens is 220 g/mol. The summed E-state index contributed by atoms with van der Waals surface area (Å²) in [4.78, 5) is 11.1. The van der Waals surface area contributed by atoms with Crippen LogP contribution in [0.5, 0.6) is 0 Å². The minimum Gasteiger partial charge on any atom is -0.466 e. The Morgan fingerprint density at radius 3 is 2.12 bits per heavy atom. The molecule has 0 bridgehead atoms. The molecule has 0 rings (SSSR count). The van der Waals surface area contributed by atoms with E-state index in [1.807, 2.05) is 6.92 Å². The summed E-state index contributed by atoms with van der Waals surface area (Å²) in [7, 11) is 0. The fourth-order valence-corrected chi connectivity index (χ4v) is 1.36. The molecule has 0 amide bonds. The van der Waals surface area contributed by atoms with E-state index in [1.165, 1.54) is 0 Å². The molecule has 0 aromatic heterocycles. The molecule has 0 spiro atoms. The van der Waals surface area contributed by atoms with Gasteiger partial charge in [-0.3, -0.25) is 4.79 Å². The lowest BCUT2D eigenvalue weighted by Gasteiger charge is -2.17. The second-order valence-electron chi connectivity index (χ2n) is 3.87. The quantitative estimate of drug-likeness (QED) is 0.415. The van der Waals surface area contributed by atoms with E-state index in [2.05, 4.69) is 13.8 Å². The van der Waals surface area contributed by atoms with E-state index in [0.29, 0.717) is 26.2 Å². The van der Waals surface area contributed by atoms with E-state index in [9.17, 15) is 4.79 Å². The van der Waals surface area contributed by atoms with Crippen LogP contribution in [0.25, 0.3) is 0 Å². The summed E-state index contributed by atoms with van der Waals surface area (Å²) in [6, 6.07) is 0. The van der Waals surface area contributed by atoms with Gasteiger partial charge in [0.2, 0.25) is 0 Å². The van der Waals surface area contributed by atoms with Crippen molar-refractivity contribution in [3.05, 3.63) is 0 Å². The van der Waals surface area contributed by atoms with Gasteiger partial charge in [0, 0.05) is 19.6 Å². The van der Waals surface area contributed by atoms with E-state index in [0.717, 1.165) is 25.7 Å². The Bertz CT molecular complexity index is 174. The molecule has 0 aliphatic carbocycles. The van der Waals surface area contributed by atoms with Crippen molar-refractivity contribution in [2.24, 2.45) is 0 Å². The topological polar surface area (TPSA) is 44.8 Å². The normalized spacial score (nSPS) is 10.8. The fraction of sp³-hybridized carbons (Fsp3) is 0.923. The van der Waals surface area contributed by atoms with Gasteiger partial charge in [-0.15, -0.1) is 0 Å².